The molecule has 9 heteroatoms. The first-order valence-electron chi connectivity index (χ1n) is 21.5. The molecule has 306 valence electrons. The zero-order valence-electron chi connectivity index (χ0n) is 34.0. The molecule has 0 radical (unpaired) electrons. The van der Waals surface area contributed by atoms with Gasteiger partial charge in [-0.2, -0.15) is 0 Å². The molecule has 1 N–H and O–H groups in total. The second-order valence-corrected chi connectivity index (χ2v) is 16.0. The van der Waals surface area contributed by atoms with Crippen LogP contribution in [0.2, 0.25) is 0 Å². The molecule has 2 unspecified atom stereocenters. The molecule has 0 spiro atoms. The van der Waals surface area contributed by atoms with Gasteiger partial charge in [0.15, 0.2) is 6.10 Å². The van der Waals surface area contributed by atoms with Gasteiger partial charge in [0.25, 0.3) is 0 Å². The van der Waals surface area contributed by atoms with Crippen LogP contribution in [-0.4, -0.2) is 43.3 Å². The van der Waals surface area contributed by atoms with Crippen molar-refractivity contribution in [2.75, 3.05) is 20.3 Å². The van der Waals surface area contributed by atoms with Crippen LogP contribution in [0.1, 0.15) is 213 Å². The molecule has 0 aromatic rings. The van der Waals surface area contributed by atoms with Crippen LogP contribution >= 0.6 is 7.82 Å². The van der Waals surface area contributed by atoms with Gasteiger partial charge in [-0.3, -0.25) is 18.6 Å². The molecule has 0 aromatic carbocycles. The third kappa shape index (κ3) is 38.3. The maximum atomic E-state index is 12.5. The Bertz CT molecular complexity index is 906. The molecular formula is C43H81O8P. The second kappa shape index (κ2) is 39.2. The quantitative estimate of drug-likeness (QED) is 0.0285. The van der Waals surface area contributed by atoms with Crippen LogP contribution in [0.5, 0.6) is 0 Å². The molecule has 0 aliphatic heterocycles. The lowest BCUT2D eigenvalue weighted by Crippen LogP contribution is -2.29. The number of rotatable bonds is 40. The number of phosphoric ester groups is 1. The fourth-order valence-electron chi connectivity index (χ4n) is 6.06. The summed E-state index contributed by atoms with van der Waals surface area (Å²) < 4.78 is 31.9. The molecule has 0 fully saturated rings. The van der Waals surface area contributed by atoms with Gasteiger partial charge in [0.05, 0.1) is 6.61 Å². The molecule has 0 aliphatic rings. The highest BCUT2D eigenvalue weighted by Gasteiger charge is 2.24. The molecule has 52 heavy (non-hydrogen) atoms. The maximum absolute atomic E-state index is 12.5. The van der Waals surface area contributed by atoms with Crippen molar-refractivity contribution in [1.29, 1.82) is 0 Å². The summed E-state index contributed by atoms with van der Waals surface area (Å²) in [5.41, 5.74) is 0. The van der Waals surface area contributed by atoms with E-state index in [4.69, 9.17) is 14.0 Å². The van der Waals surface area contributed by atoms with Crippen molar-refractivity contribution in [3.8, 4) is 0 Å². The number of carbonyl (C=O) groups excluding carboxylic acids is 2. The first kappa shape index (κ1) is 50.5. The van der Waals surface area contributed by atoms with Crippen molar-refractivity contribution in [1.82, 2.24) is 0 Å². The summed E-state index contributed by atoms with van der Waals surface area (Å²) in [5, 5.41) is 0. The maximum Gasteiger partial charge on any atom is 0.472 e. The number of carbonyl (C=O) groups is 2. The standard InChI is InChI=1S/C43H81O8P/c1-4-6-8-10-12-14-16-18-19-20-21-22-23-24-25-26-28-30-32-34-36-38-43(45)51-41(40-50-52(46,47)48-3)39-49-42(44)37-35-33-31-29-27-17-15-13-11-9-7-5-2/h13,15,20-21,41H,4-12,14,16-19,22-40H2,1-3H3,(H,46,47)/b15-13-,21-20-. The van der Waals surface area contributed by atoms with E-state index < -0.39 is 26.5 Å². The van der Waals surface area contributed by atoms with E-state index in [1.807, 2.05) is 0 Å². The van der Waals surface area contributed by atoms with E-state index in [1.165, 1.54) is 128 Å². The smallest absolute Gasteiger partial charge is 0.462 e. The predicted octanol–water partition coefficient (Wildman–Crippen LogP) is 13.5. The number of unbranched alkanes of at least 4 members (excludes halogenated alkanes) is 25. The zero-order chi connectivity index (χ0) is 38.2. The Morgan fingerprint density at radius 3 is 1.29 bits per heavy atom. The molecule has 0 heterocycles. The highest BCUT2D eigenvalue weighted by molar-refractivity contribution is 7.47. The van der Waals surface area contributed by atoms with Crippen LogP contribution in [0.4, 0.5) is 0 Å². The van der Waals surface area contributed by atoms with E-state index in [0.717, 1.165) is 58.5 Å². The van der Waals surface area contributed by atoms with Crippen molar-refractivity contribution < 1.29 is 37.6 Å². The minimum Gasteiger partial charge on any atom is -0.462 e. The van der Waals surface area contributed by atoms with Gasteiger partial charge in [-0.25, -0.2) is 4.57 Å². The zero-order valence-corrected chi connectivity index (χ0v) is 34.9. The van der Waals surface area contributed by atoms with E-state index in [1.54, 1.807) is 0 Å². The Hall–Kier alpha value is -1.47. The van der Waals surface area contributed by atoms with E-state index >= 15 is 0 Å². The van der Waals surface area contributed by atoms with Crippen LogP contribution in [0.3, 0.4) is 0 Å². The minimum absolute atomic E-state index is 0.228. The van der Waals surface area contributed by atoms with Gasteiger partial charge in [0.2, 0.25) is 0 Å². The fraction of sp³-hybridized carbons (Fsp3) is 0.860. The van der Waals surface area contributed by atoms with E-state index in [0.29, 0.717) is 6.42 Å². The van der Waals surface area contributed by atoms with Crippen LogP contribution in [0.15, 0.2) is 24.3 Å². The van der Waals surface area contributed by atoms with Gasteiger partial charge in [-0.15, -0.1) is 0 Å². The number of hydrogen-bond acceptors (Lipinski definition) is 7. The molecule has 0 aromatic heterocycles. The third-order valence-electron chi connectivity index (χ3n) is 9.42. The Kier molecular flexibility index (Phi) is 38.1. The monoisotopic (exact) mass is 757 g/mol. The summed E-state index contributed by atoms with van der Waals surface area (Å²) in [5.74, 6) is -0.811. The Labute approximate surface area is 320 Å². The molecule has 0 aliphatic carbocycles. The fourth-order valence-corrected chi connectivity index (χ4v) is 6.52. The largest absolute Gasteiger partial charge is 0.472 e. The van der Waals surface area contributed by atoms with Gasteiger partial charge >= 0.3 is 19.8 Å². The van der Waals surface area contributed by atoms with Crippen molar-refractivity contribution in [2.24, 2.45) is 0 Å². The van der Waals surface area contributed by atoms with Crippen LogP contribution < -0.4 is 0 Å². The van der Waals surface area contributed by atoms with Crippen molar-refractivity contribution >= 4 is 19.8 Å². The van der Waals surface area contributed by atoms with Gasteiger partial charge in [0, 0.05) is 20.0 Å². The van der Waals surface area contributed by atoms with Crippen LogP contribution in [0.25, 0.3) is 0 Å². The average Bonchev–Trinajstić information content (AvgIpc) is 3.13. The molecular weight excluding hydrogens is 675 g/mol. The van der Waals surface area contributed by atoms with Crippen molar-refractivity contribution in [3.05, 3.63) is 24.3 Å². The topological polar surface area (TPSA) is 108 Å². The summed E-state index contributed by atoms with van der Waals surface area (Å²) in [4.78, 5) is 34.4. The normalized spacial score (nSPS) is 13.5. The van der Waals surface area contributed by atoms with Gasteiger partial charge in [-0.05, 0) is 64.2 Å². The summed E-state index contributed by atoms with van der Waals surface area (Å²) in [6.07, 6.45) is 43.8. The predicted molar refractivity (Wildman–Crippen MR) is 216 cm³/mol. The van der Waals surface area contributed by atoms with E-state index in [2.05, 4.69) is 42.7 Å². The molecule has 0 rings (SSSR count). The molecule has 2 atom stereocenters. The molecule has 0 bridgehead atoms. The Balaban J connectivity index is 3.95. The van der Waals surface area contributed by atoms with Gasteiger partial charge < -0.3 is 14.4 Å². The minimum atomic E-state index is -4.26. The van der Waals surface area contributed by atoms with E-state index in [9.17, 15) is 19.0 Å². The van der Waals surface area contributed by atoms with Gasteiger partial charge in [0.1, 0.15) is 6.61 Å². The van der Waals surface area contributed by atoms with Gasteiger partial charge in [-0.1, -0.05) is 160 Å². The highest BCUT2D eigenvalue weighted by Crippen LogP contribution is 2.42. The highest BCUT2D eigenvalue weighted by atomic mass is 31.2. The van der Waals surface area contributed by atoms with Crippen LogP contribution in [0, 0.1) is 0 Å². The summed E-state index contributed by atoms with van der Waals surface area (Å²) >= 11 is 0. The molecule has 0 saturated carbocycles. The molecule has 0 saturated heterocycles. The lowest BCUT2D eigenvalue weighted by atomic mass is 10.1. The SMILES string of the molecule is CCCCC/C=C\CCCCCCCC(=O)OCC(COP(=O)(O)OC)OC(=O)CCCCCCCCCCC/C=C\CCCCCCCCCC. The van der Waals surface area contributed by atoms with Crippen molar-refractivity contribution in [2.45, 2.75) is 219 Å². The Morgan fingerprint density at radius 2 is 0.865 bits per heavy atom. The summed E-state index contributed by atoms with van der Waals surface area (Å²) in [6, 6.07) is 0. The second-order valence-electron chi connectivity index (χ2n) is 14.5. The lowest BCUT2D eigenvalue weighted by molar-refractivity contribution is -0.161. The molecule has 0 amide bonds. The first-order chi connectivity index (χ1) is 25.3. The number of esters is 2. The Morgan fingerprint density at radius 1 is 0.519 bits per heavy atom. The number of allylic oxidation sites excluding steroid dienone is 4. The van der Waals surface area contributed by atoms with Crippen LogP contribution in [-0.2, 0) is 32.7 Å². The lowest BCUT2D eigenvalue weighted by Gasteiger charge is -2.19. The molecule has 8 nitrogen and oxygen atoms in total. The average molecular weight is 757 g/mol. The summed E-state index contributed by atoms with van der Waals surface area (Å²) in [7, 11) is -3.20. The number of ether oxygens (including phenoxy) is 2. The number of hydrogen-bond donors (Lipinski definition) is 1. The van der Waals surface area contributed by atoms with Crippen molar-refractivity contribution in [3.63, 3.8) is 0 Å². The van der Waals surface area contributed by atoms with E-state index in [-0.39, 0.29) is 25.4 Å². The first-order valence-corrected chi connectivity index (χ1v) is 23.0. The number of phosphoric acid groups is 1. The third-order valence-corrected chi connectivity index (χ3v) is 10.4. The summed E-state index contributed by atoms with van der Waals surface area (Å²) in [6.45, 7) is 3.86.